The number of ether oxygens (including phenoxy) is 2. The molecular formula is C51H64MgN4O13. The van der Waals surface area contributed by atoms with Gasteiger partial charge in [0.2, 0.25) is 11.8 Å². The van der Waals surface area contributed by atoms with E-state index in [1.54, 1.807) is 27.7 Å². The number of nitrogens with one attached hydrogen (secondary N) is 2. The number of carboxylic acids is 2. The van der Waals surface area contributed by atoms with Gasteiger partial charge in [-0.3, -0.25) is 29.8 Å². The molecule has 2 aliphatic rings. The normalized spacial score (nSPS) is 16.3. The first kappa shape index (κ1) is 57.0. The molecule has 0 bridgehead atoms. The topological polar surface area (TPSA) is 249 Å². The van der Waals surface area contributed by atoms with Crippen LogP contribution in [0, 0.1) is 0 Å². The van der Waals surface area contributed by atoms with Gasteiger partial charge in [0.25, 0.3) is 0 Å². The van der Waals surface area contributed by atoms with Crippen LogP contribution < -0.4 is 10.6 Å². The number of carbonyl (C=O) groups excluding carboxylic acids is 4. The Labute approximate surface area is 421 Å². The van der Waals surface area contributed by atoms with Crippen LogP contribution in [0.25, 0.3) is 0 Å². The number of carbonyl (C=O) groups is 7. The Balaban J connectivity index is 0.000000635. The number of aliphatic carboxylic acids is 2. The maximum atomic E-state index is 13.3. The van der Waals surface area contributed by atoms with E-state index in [-0.39, 0.29) is 76.9 Å². The molecule has 0 radical (unpaired) electrons. The van der Waals surface area contributed by atoms with Crippen LogP contribution in [0.1, 0.15) is 76.8 Å². The number of amides is 2. The summed E-state index contributed by atoms with van der Waals surface area (Å²) in [6.45, 7) is 7.75. The van der Waals surface area contributed by atoms with Crippen LogP contribution in [-0.4, -0.2) is 145 Å². The van der Waals surface area contributed by atoms with Crippen molar-refractivity contribution in [1.82, 2.24) is 20.4 Å². The van der Waals surface area contributed by atoms with Crippen molar-refractivity contribution in [2.24, 2.45) is 0 Å². The average Bonchev–Trinajstić information content (AvgIpc) is 3.33. The van der Waals surface area contributed by atoms with E-state index in [0.717, 1.165) is 33.4 Å². The van der Waals surface area contributed by atoms with E-state index in [1.807, 2.05) is 109 Å². The zero-order valence-corrected chi connectivity index (χ0v) is 40.9. The van der Waals surface area contributed by atoms with Crippen molar-refractivity contribution in [2.45, 2.75) is 116 Å². The first-order valence-electron chi connectivity index (χ1n) is 22.6. The van der Waals surface area contributed by atoms with Crippen molar-refractivity contribution in [3.8, 4) is 0 Å². The Morgan fingerprint density at radius 1 is 0.551 bits per heavy atom. The van der Waals surface area contributed by atoms with E-state index in [1.165, 1.54) is 9.80 Å². The standard InChI is InChI=1S/2C25H30N2O5.CH2O3.Mg.2H/c2*1-3-32-25(31)21(14-13-18-9-5-4-6-10-18)26-17(2)23(28)27-16-20-12-8-7-11-19(20)15-22(27)24(29)30;2-1(3)4;;;/h2*4-12,17,21-22,26H,3,13-16H2,1-2H3,(H,29,30);(H2,2,3,4);;;/q;;;+2;2*-1/t2*17-,21-,22-;;;;/m00..../s1. The molecule has 0 fully saturated rings. The van der Waals surface area contributed by atoms with Gasteiger partial charge in [-0.05, 0) is 86.8 Å². The van der Waals surface area contributed by atoms with Gasteiger partial charge in [0, 0.05) is 25.9 Å². The Morgan fingerprint density at radius 2 is 0.855 bits per heavy atom. The van der Waals surface area contributed by atoms with Crippen LogP contribution >= 0.6 is 0 Å². The molecular weight excluding hydrogens is 901 g/mol. The third kappa shape index (κ3) is 17.6. The SMILES string of the molecule is CCOC(=O)[C@H](CCc1ccccc1)N[C@@H](C)C(=O)N1Cc2ccccc2C[C@H]1C(=O)O.CCOC(=O)[C@H](CCc1ccccc1)N[C@@H](C)C(=O)N1Cc2ccccc2C[C@H]1C(=O)O.O=C(O)O.[H-].[H-].[Mg+2]. The largest absolute Gasteiger partial charge is 2.00 e. The number of hydrogen-bond acceptors (Lipinski definition) is 11. The summed E-state index contributed by atoms with van der Waals surface area (Å²) >= 11 is 0. The summed E-state index contributed by atoms with van der Waals surface area (Å²) in [5.74, 6) is -3.59. The second-order valence-electron chi connectivity index (χ2n) is 16.3. The van der Waals surface area contributed by atoms with Crippen LogP contribution in [0.15, 0.2) is 109 Å². The molecule has 69 heavy (non-hydrogen) atoms. The molecule has 6 N–H and O–H groups in total. The van der Waals surface area contributed by atoms with Gasteiger partial charge in [-0.1, -0.05) is 109 Å². The predicted octanol–water partition coefficient (Wildman–Crippen LogP) is 5.20. The first-order chi connectivity index (χ1) is 32.5. The summed E-state index contributed by atoms with van der Waals surface area (Å²) in [5.41, 5.74) is 5.93. The molecule has 2 heterocycles. The molecule has 0 aliphatic carbocycles. The number of carboxylic acid groups (broad SMARTS) is 4. The second kappa shape index (κ2) is 28.9. The zero-order valence-electron chi connectivity index (χ0n) is 41.5. The number of aryl methyl sites for hydroxylation is 2. The van der Waals surface area contributed by atoms with E-state index < -0.39 is 66.3 Å². The predicted molar refractivity (Wildman–Crippen MR) is 258 cm³/mol. The number of benzene rings is 4. The molecule has 0 saturated carbocycles. The van der Waals surface area contributed by atoms with Crippen LogP contribution in [0.4, 0.5) is 4.79 Å². The fraction of sp³-hybridized carbons (Fsp3) is 0.392. The molecule has 0 spiro atoms. The van der Waals surface area contributed by atoms with Gasteiger partial charge >= 0.3 is 53.1 Å². The summed E-state index contributed by atoms with van der Waals surface area (Å²) in [7, 11) is 0. The van der Waals surface area contributed by atoms with E-state index in [9.17, 15) is 39.0 Å². The molecule has 0 saturated heterocycles. The van der Waals surface area contributed by atoms with Gasteiger partial charge in [0.15, 0.2) is 0 Å². The fourth-order valence-corrected chi connectivity index (χ4v) is 8.13. The van der Waals surface area contributed by atoms with Crippen LogP contribution in [0.3, 0.4) is 0 Å². The van der Waals surface area contributed by atoms with Crippen molar-refractivity contribution in [1.29, 1.82) is 0 Å². The molecule has 2 aliphatic heterocycles. The van der Waals surface area contributed by atoms with Gasteiger partial charge < -0.3 is 42.6 Å². The van der Waals surface area contributed by atoms with E-state index >= 15 is 0 Å². The Morgan fingerprint density at radius 3 is 1.16 bits per heavy atom. The van der Waals surface area contributed by atoms with Crippen molar-refractivity contribution >= 4 is 64.9 Å². The smallest absolute Gasteiger partial charge is 1.00 e. The van der Waals surface area contributed by atoms with Crippen molar-refractivity contribution in [3.63, 3.8) is 0 Å². The number of esters is 2. The van der Waals surface area contributed by atoms with E-state index in [0.29, 0.717) is 25.7 Å². The number of rotatable bonds is 18. The number of hydrogen-bond donors (Lipinski definition) is 6. The Kier molecular flexibility index (Phi) is 23.8. The molecule has 0 aromatic heterocycles. The Bertz CT molecular complexity index is 2170. The van der Waals surface area contributed by atoms with Gasteiger partial charge in [0.05, 0.1) is 25.3 Å². The second-order valence-corrected chi connectivity index (χ2v) is 16.3. The molecule has 6 rings (SSSR count). The Hall–Kier alpha value is -6.34. The van der Waals surface area contributed by atoms with Crippen LogP contribution in [0.2, 0.25) is 0 Å². The maximum Gasteiger partial charge on any atom is 2.00 e. The van der Waals surface area contributed by atoms with Crippen LogP contribution in [-0.2, 0) is 77.0 Å². The third-order valence-electron chi connectivity index (χ3n) is 11.5. The minimum Gasteiger partial charge on any atom is -1.00 e. The summed E-state index contributed by atoms with van der Waals surface area (Å²) in [6, 6.07) is 30.0. The number of fused-ring (bicyclic) bond motifs is 2. The monoisotopic (exact) mass is 964 g/mol. The summed E-state index contributed by atoms with van der Waals surface area (Å²) in [6.07, 6.45) is 0.913. The summed E-state index contributed by atoms with van der Waals surface area (Å²) in [5, 5.41) is 39.6. The molecule has 4 aromatic rings. The van der Waals surface area contributed by atoms with Crippen molar-refractivity contribution < 1.29 is 66.3 Å². The minimum absolute atomic E-state index is 0. The average molecular weight is 965 g/mol. The summed E-state index contributed by atoms with van der Waals surface area (Å²) < 4.78 is 10.4. The fourth-order valence-electron chi connectivity index (χ4n) is 8.13. The van der Waals surface area contributed by atoms with E-state index in [4.69, 9.17) is 24.5 Å². The molecule has 0 unspecified atom stereocenters. The molecule has 2 amide bonds. The van der Waals surface area contributed by atoms with Gasteiger partial charge in [-0.25, -0.2) is 14.4 Å². The minimum atomic E-state index is -1.83. The molecule has 17 nitrogen and oxygen atoms in total. The van der Waals surface area contributed by atoms with Gasteiger partial charge in [-0.2, -0.15) is 0 Å². The maximum absolute atomic E-state index is 13.3. The molecule has 368 valence electrons. The van der Waals surface area contributed by atoms with Crippen molar-refractivity contribution in [2.75, 3.05) is 13.2 Å². The van der Waals surface area contributed by atoms with Gasteiger partial charge in [-0.15, -0.1) is 0 Å². The molecule has 18 heteroatoms. The van der Waals surface area contributed by atoms with Crippen molar-refractivity contribution in [3.05, 3.63) is 143 Å². The van der Waals surface area contributed by atoms with Gasteiger partial charge in [0.1, 0.15) is 24.2 Å². The summed E-state index contributed by atoms with van der Waals surface area (Å²) in [4.78, 5) is 86.7. The number of nitrogens with zero attached hydrogens (tertiary/aromatic N) is 2. The van der Waals surface area contributed by atoms with E-state index in [2.05, 4.69) is 10.6 Å². The molecule has 6 atom stereocenters. The molecule has 4 aromatic carbocycles. The third-order valence-corrected chi connectivity index (χ3v) is 11.5. The quantitative estimate of drug-likeness (QED) is 0.0554. The first-order valence-corrected chi connectivity index (χ1v) is 22.6. The zero-order chi connectivity index (χ0) is 49.8. The van der Waals surface area contributed by atoms with Crippen LogP contribution in [0.5, 0.6) is 0 Å².